The zero-order valence-electron chi connectivity index (χ0n) is 10.4. The molecule has 106 valence electrons. The number of nitro groups is 1. The van der Waals surface area contributed by atoms with Crippen molar-refractivity contribution in [1.29, 1.82) is 0 Å². The molecule has 1 atom stereocenters. The number of morpholine rings is 1. The molecule has 1 aromatic rings. The summed E-state index contributed by atoms with van der Waals surface area (Å²) in [4.78, 5) is 12.3. The van der Waals surface area contributed by atoms with Gasteiger partial charge in [0, 0.05) is 31.8 Å². The maximum atomic E-state index is 10.6. The first-order valence-corrected chi connectivity index (χ1v) is 5.90. The lowest BCUT2D eigenvalue weighted by Crippen LogP contribution is -2.39. The highest BCUT2D eigenvalue weighted by atomic mass is 35.5. The summed E-state index contributed by atoms with van der Waals surface area (Å²) in [6, 6.07) is 6.43. The van der Waals surface area contributed by atoms with Gasteiger partial charge in [0.15, 0.2) is 0 Å². The molecule has 0 spiro atoms. The van der Waals surface area contributed by atoms with Gasteiger partial charge in [0.2, 0.25) is 0 Å². The van der Waals surface area contributed by atoms with Crippen molar-refractivity contribution in [2.45, 2.75) is 6.10 Å². The normalized spacial score (nSPS) is 19.7. The molecule has 0 aromatic heterocycles. The van der Waals surface area contributed by atoms with Crippen LogP contribution in [0.15, 0.2) is 24.3 Å². The lowest BCUT2D eigenvalue weighted by atomic mass is 10.1. The van der Waals surface area contributed by atoms with Crippen molar-refractivity contribution in [3.05, 3.63) is 39.9 Å². The van der Waals surface area contributed by atoms with Crippen LogP contribution >= 0.6 is 12.4 Å². The van der Waals surface area contributed by atoms with E-state index < -0.39 is 4.92 Å². The number of rotatable bonds is 4. The van der Waals surface area contributed by atoms with Crippen LogP contribution in [0.2, 0.25) is 0 Å². The molecule has 1 aliphatic rings. The SMILES string of the molecule is Cl.O=[N+]([O-])c1ccc(C2CN(CCO)CCO2)cc1. The van der Waals surface area contributed by atoms with Crippen molar-refractivity contribution in [2.24, 2.45) is 0 Å². The molecule has 1 aliphatic heterocycles. The van der Waals surface area contributed by atoms with E-state index in [-0.39, 0.29) is 30.8 Å². The predicted molar refractivity (Wildman–Crippen MR) is 72.6 cm³/mol. The Morgan fingerprint density at radius 2 is 2.11 bits per heavy atom. The van der Waals surface area contributed by atoms with E-state index in [9.17, 15) is 10.1 Å². The van der Waals surface area contributed by atoms with E-state index in [1.165, 1.54) is 12.1 Å². The summed E-state index contributed by atoms with van der Waals surface area (Å²) in [5.74, 6) is 0. The Balaban J connectivity index is 0.00000180. The van der Waals surface area contributed by atoms with Gasteiger partial charge in [0.05, 0.1) is 24.2 Å². The van der Waals surface area contributed by atoms with Crippen molar-refractivity contribution < 1.29 is 14.8 Å². The maximum Gasteiger partial charge on any atom is 0.269 e. The first kappa shape index (κ1) is 15.8. The molecule has 2 rings (SSSR count). The van der Waals surface area contributed by atoms with Crippen LogP contribution < -0.4 is 0 Å². The summed E-state index contributed by atoms with van der Waals surface area (Å²) in [6.07, 6.45) is -0.0777. The molecule has 0 aliphatic carbocycles. The fourth-order valence-electron chi connectivity index (χ4n) is 2.06. The Labute approximate surface area is 117 Å². The molecular weight excluding hydrogens is 272 g/mol. The number of benzene rings is 1. The molecule has 1 N–H and O–H groups in total. The molecule has 1 saturated heterocycles. The van der Waals surface area contributed by atoms with Gasteiger partial charge >= 0.3 is 0 Å². The van der Waals surface area contributed by atoms with E-state index in [0.717, 1.165) is 12.1 Å². The quantitative estimate of drug-likeness (QED) is 0.669. The van der Waals surface area contributed by atoms with Crippen molar-refractivity contribution in [3.8, 4) is 0 Å². The van der Waals surface area contributed by atoms with Gasteiger partial charge in [-0.1, -0.05) is 0 Å². The zero-order valence-corrected chi connectivity index (χ0v) is 11.2. The molecule has 0 amide bonds. The van der Waals surface area contributed by atoms with Gasteiger partial charge in [-0.05, 0) is 17.7 Å². The summed E-state index contributed by atoms with van der Waals surface area (Å²) in [5, 5.41) is 19.5. The van der Waals surface area contributed by atoms with Crippen molar-refractivity contribution in [1.82, 2.24) is 4.90 Å². The fourth-order valence-corrected chi connectivity index (χ4v) is 2.06. The molecule has 0 bridgehead atoms. The highest BCUT2D eigenvalue weighted by Crippen LogP contribution is 2.24. The number of aliphatic hydroxyl groups is 1. The van der Waals surface area contributed by atoms with E-state index in [1.54, 1.807) is 12.1 Å². The van der Waals surface area contributed by atoms with Gasteiger partial charge < -0.3 is 9.84 Å². The summed E-state index contributed by atoms with van der Waals surface area (Å²) in [6.45, 7) is 2.89. The number of halogens is 1. The second-order valence-electron chi connectivity index (χ2n) is 4.23. The Bertz CT molecular complexity index is 411. The van der Waals surface area contributed by atoms with E-state index in [0.29, 0.717) is 19.7 Å². The first-order valence-electron chi connectivity index (χ1n) is 5.90. The van der Waals surface area contributed by atoms with Crippen LogP contribution in [0.1, 0.15) is 11.7 Å². The number of hydrogen-bond acceptors (Lipinski definition) is 5. The molecule has 6 nitrogen and oxygen atoms in total. The number of non-ortho nitro benzene ring substituents is 1. The topological polar surface area (TPSA) is 75.8 Å². The monoisotopic (exact) mass is 288 g/mol. The lowest BCUT2D eigenvalue weighted by molar-refractivity contribution is -0.384. The van der Waals surface area contributed by atoms with Crippen LogP contribution in [0.4, 0.5) is 5.69 Å². The molecule has 1 aromatic carbocycles. The maximum absolute atomic E-state index is 10.6. The third-order valence-corrected chi connectivity index (χ3v) is 3.04. The van der Waals surface area contributed by atoms with Gasteiger partial charge in [-0.2, -0.15) is 0 Å². The third-order valence-electron chi connectivity index (χ3n) is 3.04. The number of hydrogen-bond donors (Lipinski definition) is 1. The van der Waals surface area contributed by atoms with Crippen molar-refractivity contribution >= 4 is 18.1 Å². The third kappa shape index (κ3) is 4.14. The standard InChI is InChI=1S/C12H16N2O4.ClH/c15-7-5-13-6-8-18-12(9-13)10-1-3-11(4-2-10)14(16)17;/h1-4,12,15H,5-9H2;1H. The van der Waals surface area contributed by atoms with Crippen molar-refractivity contribution in [3.63, 3.8) is 0 Å². The second kappa shape index (κ2) is 7.40. The molecular formula is C12H17ClN2O4. The largest absolute Gasteiger partial charge is 0.395 e. The van der Waals surface area contributed by atoms with Gasteiger partial charge in [0.1, 0.15) is 0 Å². The van der Waals surface area contributed by atoms with E-state index >= 15 is 0 Å². The van der Waals surface area contributed by atoms with Crippen LogP contribution in [0.3, 0.4) is 0 Å². The van der Waals surface area contributed by atoms with Gasteiger partial charge in [-0.3, -0.25) is 15.0 Å². The smallest absolute Gasteiger partial charge is 0.269 e. The van der Waals surface area contributed by atoms with Crippen LogP contribution in [0.5, 0.6) is 0 Å². The van der Waals surface area contributed by atoms with Crippen LogP contribution in [-0.4, -0.2) is 47.8 Å². The Morgan fingerprint density at radius 3 is 2.68 bits per heavy atom. The minimum Gasteiger partial charge on any atom is -0.395 e. The molecule has 1 fully saturated rings. The van der Waals surface area contributed by atoms with Gasteiger partial charge in [-0.15, -0.1) is 12.4 Å². The highest BCUT2D eigenvalue weighted by Gasteiger charge is 2.21. The van der Waals surface area contributed by atoms with E-state index in [4.69, 9.17) is 9.84 Å². The van der Waals surface area contributed by atoms with Gasteiger partial charge in [-0.25, -0.2) is 0 Å². The summed E-state index contributed by atoms with van der Waals surface area (Å²) < 4.78 is 5.65. The Hall–Kier alpha value is -1.21. The zero-order chi connectivity index (χ0) is 13.0. The average molecular weight is 289 g/mol. The number of aliphatic hydroxyl groups excluding tert-OH is 1. The van der Waals surface area contributed by atoms with Gasteiger partial charge in [0.25, 0.3) is 5.69 Å². The van der Waals surface area contributed by atoms with Crippen LogP contribution in [-0.2, 0) is 4.74 Å². The van der Waals surface area contributed by atoms with Crippen LogP contribution in [0.25, 0.3) is 0 Å². The predicted octanol–water partition coefficient (Wildman–Crippen LogP) is 1.38. The minimum atomic E-state index is -0.413. The molecule has 0 radical (unpaired) electrons. The Morgan fingerprint density at radius 1 is 1.42 bits per heavy atom. The first-order chi connectivity index (χ1) is 8.70. The fraction of sp³-hybridized carbons (Fsp3) is 0.500. The minimum absolute atomic E-state index is 0. The number of nitrogens with zero attached hydrogens (tertiary/aromatic N) is 2. The van der Waals surface area contributed by atoms with Crippen molar-refractivity contribution in [2.75, 3.05) is 32.8 Å². The van der Waals surface area contributed by atoms with E-state index in [2.05, 4.69) is 4.90 Å². The molecule has 1 unspecified atom stereocenters. The number of nitro benzene ring substituents is 1. The number of ether oxygens (including phenoxy) is 1. The average Bonchev–Trinajstić information content (AvgIpc) is 2.39. The molecule has 1 heterocycles. The summed E-state index contributed by atoms with van der Waals surface area (Å²) >= 11 is 0. The molecule has 7 heteroatoms. The summed E-state index contributed by atoms with van der Waals surface area (Å²) in [5.41, 5.74) is 1.02. The molecule has 19 heavy (non-hydrogen) atoms. The second-order valence-corrected chi connectivity index (χ2v) is 4.23. The summed E-state index contributed by atoms with van der Waals surface area (Å²) in [7, 11) is 0. The van der Waals surface area contributed by atoms with Crippen LogP contribution in [0, 0.1) is 10.1 Å². The molecule has 0 saturated carbocycles. The number of β-amino-alcohol motifs (C(OH)–C–C–N with tert-alkyl or cyclic N) is 1. The lowest BCUT2D eigenvalue weighted by Gasteiger charge is -2.32. The van der Waals surface area contributed by atoms with E-state index in [1.807, 2.05) is 0 Å². The Kier molecular flexibility index (Phi) is 6.17. The highest BCUT2D eigenvalue weighted by molar-refractivity contribution is 5.85.